The summed E-state index contributed by atoms with van der Waals surface area (Å²) in [5.41, 5.74) is 4.14. The van der Waals surface area contributed by atoms with E-state index in [-0.39, 0.29) is 5.75 Å². The van der Waals surface area contributed by atoms with Crippen LogP contribution in [0.5, 0.6) is 5.75 Å². The van der Waals surface area contributed by atoms with Gasteiger partial charge in [-0.05, 0) is 43.7 Å². The van der Waals surface area contributed by atoms with Crippen LogP contribution in [0, 0.1) is 6.92 Å². The summed E-state index contributed by atoms with van der Waals surface area (Å²) >= 11 is 5.97. The van der Waals surface area contributed by atoms with Crippen molar-refractivity contribution in [3.63, 3.8) is 0 Å². The molecule has 0 saturated carbocycles. The van der Waals surface area contributed by atoms with E-state index in [0.717, 1.165) is 10.6 Å². The van der Waals surface area contributed by atoms with Gasteiger partial charge >= 0.3 is 0 Å². The molecule has 0 spiro atoms. The third-order valence-electron chi connectivity index (χ3n) is 3.77. The first-order valence-corrected chi connectivity index (χ1v) is 10.2. The Balaban J connectivity index is 2.21. The smallest absolute Gasteiger partial charge is 0.260 e. The van der Waals surface area contributed by atoms with Crippen LogP contribution in [-0.2, 0) is 14.8 Å². The summed E-state index contributed by atoms with van der Waals surface area (Å²) < 4.78 is 25.3. The SMILES string of the molecule is C/C(=N/NC(=O)CN(c1cc(Cl)ccc1C)S(C)(=O)=O)c1ccccc1O. The van der Waals surface area contributed by atoms with Crippen LogP contribution < -0.4 is 9.73 Å². The number of nitrogens with zero attached hydrogens (tertiary/aromatic N) is 2. The van der Waals surface area contributed by atoms with Gasteiger partial charge in [0.2, 0.25) is 10.0 Å². The number of sulfonamides is 1. The Morgan fingerprint density at radius 2 is 1.93 bits per heavy atom. The molecule has 0 radical (unpaired) electrons. The molecule has 0 atom stereocenters. The molecule has 7 nitrogen and oxygen atoms in total. The highest BCUT2D eigenvalue weighted by atomic mass is 35.5. The maximum absolute atomic E-state index is 12.3. The molecule has 0 aliphatic heterocycles. The second-order valence-corrected chi connectivity index (χ2v) is 8.29. The molecule has 2 N–H and O–H groups in total. The molecule has 0 saturated heterocycles. The number of halogens is 1. The number of aryl methyl sites for hydroxylation is 1. The molecule has 1 amide bonds. The summed E-state index contributed by atoms with van der Waals surface area (Å²) in [6.07, 6.45) is 1.01. The fourth-order valence-corrected chi connectivity index (χ4v) is 3.46. The van der Waals surface area contributed by atoms with Crippen LogP contribution >= 0.6 is 11.6 Å². The van der Waals surface area contributed by atoms with Crippen molar-refractivity contribution in [1.82, 2.24) is 5.43 Å². The molecule has 0 unspecified atom stereocenters. The van der Waals surface area contributed by atoms with Crippen molar-refractivity contribution >= 4 is 38.9 Å². The van der Waals surface area contributed by atoms with Crippen molar-refractivity contribution < 1.29 is 18.3 Å². The predicted octanol–water partition coefficient (Wildman–Crippen LogP) is 2.66. The van der Waals surface area contributed by atoms with E-state index in [4.69, 9.17) is 11.6 Å². The summed E-state index contributed by atoms with van der Waals surface area (Å²) in [4.78, 5) is 12.3. The van der Waals surface area contributed by atoms with Gasteiger partial charge in [-0.2, -0.15) is 5.10 Å². The van der Waals surface area contributed by atoms with Gasteiger partial charge in [0.05, 0.1) is 17.7 Å². The Hall–Kier alpha value is -2.58. The lowest BCUT2D eigenvalue weighted by Gasteiger charge is -2.23. The van der Waals surface area contributed by atoms with E-state index < -0.39 is 22.5 Å². The number of carbonyl (C=O) groups is 1. The molecule has 0 fully saturated rings. The topological polar surface area (TPSA) is 99.1 Å². The summed E-state index contributed by atoms with van der Waals surface area (Å²) in [6.45, 7) is 2.88. The zero-order valence-electron chi connectivity index (χ0n) is 15.1. The monoisotopic (exact) mass is 409 g/mol. The highest BCUT2D eigenvalue weighted by Gasteiger charge is 2.22. The van der Waals surface area contributed by atoms with Crippen molar-refractivity contribution in [1.29, 1.82) is 0 Å². The highest BCUT2D eigenvalue weighted by Crippen LogP contribution is 2.26. The maximum atomic E-state index is 12.3. The van der Waals surface area contributed by atoms with Crippen LogP contribution in [0.3, 0.4) is 0 Å². The lowest BCUT2D eigenvalue weighted by atomic mass is 10.1. The minimum Gasteiger partial charge on any atom is -0.507 e. The van der Waals surface area contributed by atoms with E-state index in [9.17, 15) is 18.3 Å². The quantitative estimate of drug-likeness (QED) is 0.566. The van der Waals surface area contributed by atoms with Crippen LogP contribution in [0.15, 0.2) is 47.6 Å². The lowest BCUT2D eigenvalue weighted by molar-refractivity contribution is -0.119. The van der Waals surface area contributed by atoms with Gasteiger partial charge in [0.1, 0.15) is 12.3 Å². The molecular formula is C18H20ClN3O4S. The van der Waals surface area contributed by atoms with E-state index in [2.05, 4.69) is 10.5 Å². The number of carbonyl (C=O) groups excluding carboxylic acids is 1. The van der Waals surface area contributed by atoms with Crippen molar-refractivity contribution in [3.8, 4) is 5.75 Å². The summed E-state index contributed by atoms with van der Waals surface area (Å²) in [6, 6.07) is 11.4. The van der Waals surface area contributed by atoms with Gasteiger partial charge in [0.25, 0.3) is 5.91 Å². The number of phenols is 1. The van der Waals surface area contributed by atoms with Gasteiger partial charge in [0, 0.05) is 10.6 Å². The van der Waals surface area contributed by atoms with Crippen LogP contribution in [0.1, 0.15) is 18.1 Å². The van der Waals surface area contributed by atoms with E-state index >= 15 is 0 Å². The third kappa shape index (κ3) is 5.45. The number of amides is 1. The summed E-state index contributed by atoms with van der Waals surface area (Å²) in [5.74, 6) is -0.602. The third-order valence-corrected chi connectivity index (χ3v) is 5.13. The molecule has 0 aliphatic carbocycles. The van der Waals surface area contributed by atoms with Crippen LogP contribution in [0.4, 0.5) is 5.69 Å². The number of aromatic hydroxyl groups is 1. The Labute approximate surface area is 163 Å². The molecule has 27 heavy (non-hydrogen) atoms. The standard InChI is InChI=1S/C18H20ClN3O4S/c1-12-8-9-14(19)10-16(12)22(27(3,25)26)11-18(24)21-20-13(2)15-6-4-5-7-17(15)23/h4-10,23H,11H2,1-3H3,(H,21,24)/b20-13-. The number of hydrogen-bond acceptors (Lipinski definition) is 5. The number of rotatable bonds is 6. The first-order valence-electron chi connectivity index (χ1n) is 7.95. The minimum atomic E-state index is -3.72. The highest BCUT2D eigenvalue weighted by molar-refractivity contribution is 7.92. The molecule has 2 rings (SSSR count). The Morgan fingerprint density at radius 3 is 2.56 bits per heavy atom. The number of nitrogens with one attached hydrogen (secondary N) is 1. The second kappa shape index (κ2) is 8.41. The van der Waals surface area contributed by atoms with Crippen molar-refractivity contribution in [2.45, 2.75) is 13.8 Å². The number of hydrazone groups is 1. The summed E-state index contributed by atoms with van der Waals surface area (Å²) in [7, 11) is -3.72. The van der Waals surface area contributed by atoms with Gasteiger partial charge < -0.3 is 5.11 Å². The molecule has 2 aromatic carbocycles. The normalized spacial score (nSPS) is 11.9. The van der Waals surface area contributed by atoms with Crippen molar-refractivity contribution in [2.24, 2.45) is 5.10 Å². The van der Waals surface area contributed by atoms with Crippen molar-refractivity contribution in [3.05, 3.63) is 58.6 Å². The molecule has 144 valence electrons. The van der Waals surface area contributed by atoms with E-state index in [1.165, 1.54) is 12.1 Å². The number of anilines is 1. The molecule has 0 aromatic heterocycles. The average Bonchev–Trinajstić information content (AvgIpc) is 2.59. The van der Waals surface area contributed by atoms with Gasteiger partial charge in [-0.15, -0.1) is 0 Å². The number of para-hydroxylation sites is 1. The maximum Gasteiger partial charge on any atom is 0.260 e. The Morgan fingerprint density at radius 1 is 1.26 bits per heavy atom. The zero-order valence-corrected chi connectivity index (χ0v) is 16.7. The average molecular weight is 410 g/mol. The van der Waals surface area contributed by atoms with E-state index in [1.807, 2.05) is 0 Å². The van der Waals surface area contributed by atoms with Gasteiger partial charge in [-0.1, -0.05) is 29.8 Å². The fourth-order valence-electron chi connectivity index (χ4n) is 2.38. The lowest BCUT2D eigenvalue weighted by Crippen LogP contribution is -2.39. The summed E-state index contributed by atoms with van der Waals surface area (Å²) in [5, 5.41) is 14.1. The first kappa shape index (κ1) is 20.7. The minimum absolute atomic E-state index is 0.0281. The van der Waals surface area contributed by atoms with E-state index in [0.29, 0.717) is 27.5 Å². The molecule has 9 heteroatoms. The molecule has 0 heterocycles. The predicted molar refractivity (Wildman–Crippen MR) is 107 cm³/mol. The van der Waals surface area contributed by atoms with Crippen LogP contribution in [0.25, 0.3) is 0 Å². The number of benzene rings is 2. The van der Waals surface area contributed by atoms with E-state index in [1.54, 1.807) is 44.2 Å². The molecule has 0 bridgehead atoms. The Kier molecular flexibility index (Phi) is 6.45. The van der Waals surface area contributed by atoms with Crippen LogP contribution in [0.2, 0.25) is 5.02 Å². The van der Waals surface area contributed by atoms with Gasteiger partial charge in [-0.3, -0.25) is 9.10 Å². The Bertz CT molecular complexity index is 990. The molecular weight excluding hydrogens is 390 g/mol. The van der Waals surface area contributed by atoms with Crippen molar-refractivity contribution in [2.75, 3.05) is 17.1 Å². The first-order chi connectivity index (χ1) is 12.6. The van der Waals surface area contributed by atoms with Gasteiger partial charge in [0.15, 0.2) is 0 Å². The largest absolute Gasteiger partial charge is 0.507 e. The number of phenolic OH excluding ortho intramolecular Hbond substituents is 1. The molecule has 2 aromatic rings. The zero-order chi connectivity index (χ0) is 20.2. The fraction of sp³-hybridized carbons (Fsp3) is 0.222. The van der Waals surface area contributed by atoms with Gasteiger partial charge in [-0.25, -0.2) is 13.8 Å². The number of hydrogen-bond donors (Lipinski definition) is 2. The second-order valence-electron chi connectivity index (χ2n) is 5.95. The molecule has 0 aliphatic rings. The van der Waals surface area contributed by atoms with Crippen LogP contribution in [-0.4, -0.2) is 37.9 Å².